The molecule has 254 valence electrons. The van der Waals surface area contributed by atoms with Gasteiger partial charge in [0, 0.05) is 20.3 Å². The Balaban J connectivity index is 1.43. The number of carbonyl (C=O) groups excluding carboxylic acids is 2. The maximum absolute atomic E-state index is 13.4. The Morgan fingerprint density at radius 3 is 1.35 bits per heavy atom. The topological polar surface area (TPSA) is 76.7 Å². The number of amides is 2. The van der Waals surface area contributed by atoms with E-state index in [9.17, 15) is 9.59 Å². The van der Waals surface area contributed by atoms with E-state index in [0.717, 1.165) is 81.1 Å². The zero-order valence-electron chi connectivity index (χ0n) is 28.4. The molecular weight excluding hydrogens is 732 g/mol. The highest BCUT2D eigenvalue weighted by atomic mass is 79.9. The first-order chi connectivity index (χ1) is 23.2. The molecule has 8 heteroatoms. The summed E-state index contributed by atoms with van der Waals surface area (Å²) in [4.78, 5) is 26.7. The van der Waals surface area contributed by atoms with E-state index >= 15 is 0 Å². The lowest BCUT2D eigenvalue weighted by atomic mass is 9.99. The first-order valence-corrected chi connectivity index (χ1v) is 18.5. The van der Waals surface area contributed by atoms with Gasteiger partial charge in [-0.1, -0.05) is 96.4 Å². The number of benzene rings is 4. The first kappa shape index (κ1) is 37.2. The number of halogens is 2. The standard InChI is InChI=1S/C40H46Br2N2O4/c1-5-7-9-11-21-47-37-19-15-31(41)25-33(37)39(45)43-35-17-13-29(23-27(35)3)30-14-18-36(28(4)24-30)44-40(46)34-26-32(42)16-20-38(34)48-22-12-10-8-6-2/h13-20,23-26H,5-12,21-22H2,1-4H3,(H,43,45)(H,44,46). The van der Waals surface area contributed by atoms with Crippen LogP contribution in [0.4, 0.5) is 11.4 Å². The summed E-state index contributed by atoms with van der Waals surface area (Å²) in [6.45, 7) is 9.48. The van der Waals surface area contributed by atoms with E-state index in [4.69, 9.17) is 9.47 Å². The molecule has 0 radical (unpaired) electrons. The second kappa shape index (κ2) is 18.8. The fraction of sp³-hybridized carbons (Fsp3) is 0.350. The summed E-state index contributed by atoms with van der Waals surface area (Å²) in [5.74, 6) is 0.717. The van der Waals surface area contributed by atoms with Gasteiger partial charge < -0.3 is 20.1 Å². The van der Waals surface area contributed by atoms with E-state index in [0.29, 0.717) is 35.8 Å². The van der Waals surface area contributed by atoms with Crippen LogP contribution in [0.2, 0.25) is 0 Å². The summed E-state index contributed by atoms with van der Waals surface area (Å²) in [5.41, 5.74) is 6.34. The van der Waals surface area contributed by atoms with Gasteiger partial charge in [0.05, 0.1) is 24.3 Å². The van der Waals surface area contributed by atoms with Crippen LogP contribution in [-0.4, -0.2) is 25.0 Å². The average molecular weight is 779 g/mol. The molecular formula is C40H46Br2N2O4. The molecule has 0 fully saturated rings. The Kier molecular flexibility index (Phi) is 14.6. The number of hydrogen-bond acceptors (Lipinski definition) is 4. The summed E-state index contributed by atoms with van der Waals surface area (Å²) < 4.78 is 13.6. The van der Waals surface area contributed by atoms with Crippen LogP contribution in [0, 0.1) is 13.8 Å². The highest BCUT2D eigenvalue weighted by molar-refractivity contribution is 9.10. The van der Waals surface area contributed by atoms with Crippen molar-refractivity contribution in [3.63, 3.8) is 0 Å². The molecule has 0 saturated carbocycles. The van der Waals surface area contributed by atoms with Crippen molar-refractivity contribution < 1.29 is 19.1 Å². The van der Waals surface area contributed by atoms with Crippen molar-refractivity contribution in [2.45, 2.75) is 79.1 Å². The quantitative estimate of drug-likeness (QED) is 0.105. The molecule has 2 amide bonds. The normalized spacial score (nSPS) is 10.9. The Bertz CT molecular complexity index is 1580. The lowest BCUT2D eigenvalue weighted by Gasteiger charge is -2.15. The zero-order chi connectivity index (χ0) is 34.5. The number of anilines is 2. The van der Waals surface area contributed by atoms with Gasteiger partial charge in [0.2, 0.25) is 0 Å². The zero-order valence-corrected chi connectivity index (χ0v) is 31.6. The molecule has 4 aromatic rings. The van der Waals surface area contributed by atoms with E-state index in [1.165, 1.54) is 12.8 Å². The highest BCUT2D eigenvalue weighted by Gasteiger charge is 2.17. The molecule has 0 aliphatic heterocycles. The Hall–Kier alpha value is -3.62. The molecule has 4 rings (SSSR count). The van der Waals surface area contributed by atoms with Crippen LogP contribution >= 0.6 is 31.9 Å². The highest BCUT2D eigenvalue weighted by Crippen LogP contribution is 2.31. The predicted octanol–water partition coefficient (Wildman–Crippen LogP) is 11.9. The molecule has 0 heterocycles. The smallest absolute Gasteiger partial charge is 0.259 e. The third kappa shape index (κ3) is 10.7. The van der Waals surface area contributed by atoms with Crippen molar-refractivity contribution in [1.82, 2.24) is 0 Å². The molecule has 4 aromatic carbocycles. The Morgan fingerprint density at radius 2 is 0.979 bits per heavy atom. The number of carbonyl (C=O) groups is 2. The molecule has 0 aliphatic rings. The van der Waals surface area contributed by atoms with Crippen LogP contribution in [-0.2, 0) is 0 Å². The van der Waals surface area contributed by atoms with Crippen molar-refractivity contribution in [3.05, 3.63) is 104 Å². The van der Waals surface area contributed by atoms with Crippen LogP contribution in [0.15, 0.2) is 81.7 Å². The van der Waals surface area contributed by atoms with E-state index < -0.39 is 0 Å². The number of hydrogen-bond donors (Lipinski definition) is 2. The van der Waals surface area contributed by atoms with Crippen molar-refractivity contribution in [2.75, 3.05) is 23.8 Å². The van der Waals surface area contributed by atoms with Gasteiger partial charge in [-0.05, 0) is 110 Å². The monoisotopic (exact) mass is 776 g/mol. The average Bonchev–Trinajstić information content (AvgIpc) is 3.07. The van der Waals surface area contributed by atoms with E-state index in [-0.39, 0.29) is 11.8 Å². The molecule has 48 heavy (non-hydrogen) atoms. The molecule has 6 nitrogen and oxygen atoms in total. The van der Waals surface area contributed by atoms with Crippen molar-refractivity contribution >= 4 is 55.0 Å². The second-order valence-electron chi connectivity index (χ2n) is 12.1. The maximum Gasteiger partial charge on any atom is 0.259 e. The number of nitrogens with one attached hydrogen (secondary N) is 2. The fourth-order valence-corrected chi connectivity index (χ4v) is 6.10. The minimum absolute atomic E-state index is 0.220. The fourth-order valence-electron chi connectivity index (χ4n) is 5.38. The lowest BCUT2D eigenvalue weighted by Crippen LogP contribution is -2.15. The number of ether oxygens (including phenoxy) is 2. The maximum atomic E-state index is 13.4. The molecule has 0 atom stereocenters. The SMILES string of the molecule is CCCCCCOc1ccc(Br)cc1C(=O)Nc1ccc(-c2ccc(NC(=O)c3cc(Br)ccc3OCCCCCC)c(C)c2)cc1C. The van der Waals surface area contributed by atoms with Crippen molar-refractivity contribution in [3.8, 4) is 22.6 Å². The lowest BCUT2D eigenvalue weighted by molar-refractivity contribution is 0.101. The largest absolute Gasteiger partial charge is 0.493 e. The predicted molar refractivity (Wildman–Crippen MR) is 205 cm³/mol. The second-order valence-corrected chi connectivity index (χ2v) is 13.9. The van der Waals surface area contributed by atoms with Gasteiger partial charge in [0.1, 0.15) is 11.5 Å². The Morgan fingerprint density at radius 1 is 0.562 bits per heavy atom. The first-order valence-electron chi connectivity index (χ1n) is 16.9. The van der Waals surface area contributed by atoms with Gasteiger partial charge in [-0.2, -0.15) is 0 Å². The van der Waals surface area contributed by atoms with E-state index in [1.807, 2.05) is 62.4 Å². The summed E-state index contributed by atoms with van der Waals surface area (Å²) in [6, 6.07) is 23.0. The van der Waals surface area contributed by atoms with Crippen LogP contribution in [0.1, 0.15) is 97.1 Å². The van der Waals surface area contributed by atoms with Gasteiger partial charge in [0.25, 0.3) is 11.8 Å². The summed E-state index contributed by atoms with van der Waals surface area (Å²) in [7, 11) is 0. The molecule has 0 bridgehead atoms. The molecule has 2 N–H and O–H groups in total. The van der Waals surface area contributed by atoms with Crippen molar-refractivity contribution in [1.29, 1.82) is 0 Å². The number of aryl methyl sites for hydroxylation is 2. The Labute approximate surface area is 302 Å². The van der Waals surface area contributed by atoms with Gasteiger partial charge in [-0.3, -0.25) is 9.59 Å². The molecule has 0 aromatic heterocycles. The van der Waals surface area contributed by atoms with E-state index in [2.05, 4.69) is 68.5 Å². The minimum atomic E-state index is -0.220. The third-order valence-corrected chi connectivity index (χ3v) is 9.15. The van der Waals surface area contributed by atoms with Crippen LogP contribution in [0.25, 0.3) is 11.1 Å². The van der Waals surface area contributed by atoms with Gasteiger partial charge >= 0.3 is 0 Å². The number of rotatable bonds is 17. The van der Waals surface area contributed by atoms with Crippen molar-refractivity contribution in [2.24, 2.45) is 0 Å². The minimum Gasteiger partial charge on any atom is -0.493 e. The van der Waals surface area contributed by atoms with Gasteiger partial charge in [0.15, 0.2) is 0 Å². The molecule has 0 unspecified atom stereocenters. The molecule has 0 saturated heterocycles. The van der Waals surface area contributed by atoms with Gasteiger partial charge in [-0.15, -0.1) is 0 Å². The summed E-state index contributed by atoms with van der Waals surface area (Å²) in [6.07, 6.45) is 8.81. The summed E-state index contributed by atoms with van der Waals surface area (Å²) >= 11 is 6.99. The molecule has 0 aliphatic carbocycles. The third-order valence-electron chi connectivity index (χ3n) is 8.17. The molecule has 0 spiro atoms. The van der Waals surface area contributed by atoms with E-state index in [1.54, 1.807) is 12.1 Å². The summed E-state index contributed by atoms with van der Waals surface area (Å²) in [5, 5.41) is 6.14. The van der Waals surface area contributed by atoms with Gasteiger partial charge in [-0.25, -0.2) is 0 Å². The van der Waals surface area contributed by atoms with Crippen LogP contribution in [0.5, 0.6) is 11.5 Å². The van der Waals surface area contributed by atoms with Crippen LogP contribution in [0.3, 0.4) is 0 Å². The van der Waals surface area contributed by atoms with Crippen LogP contribution < -0.4 is 20.1 Å². The number of unbranched alkanes of at least 4 members (excludes halogenated alkanes) is 6.